The minimum Gasteiger partial charge on any atom is -0.458 e. The van der Waals surface area contributed by atoms with Crippen LogP contribution in [-0.2, 0) is 61.7 Å². The second-order valence-corrected chi connectivity index (χ2v) is 19.6. The van der Waals surface area contributed by atoms with E-state index in [2.05, 4.69) is 16.8 Å². The van der Waals surface area contributed by atoms with Gasteiger partial charge in [0.2, 0.25) is 6.41 Å². The maximum atomic E-state index is 14.8. The van der Waals surface area contributed by atoms with Gasteiger partial charge in [0.1, 0.15) is 18.9 Å². The first-order valence-corrected chi connectivity index (χ1v) is 22.8. The number of hydrogen-bond acceptors (Lipinski definition) is 18. The monoisotopic (exact) mass is 911 g/mol. The summed E-state index contributed by atoms with van der Waals surface area (Å²) in [5.74, 6) is -2.96. The zero-order valence-electron chi connectivity index (χ0n) is 40.2. The molecular weight excluding hydrogens is 837 g/mol. The van der Waals surface area contributed by atoms with Crippen LogP contribution in [0.1, 0.15) is 108 Å². The predicted octanol–water partition coefficient (Wildman–Crippen LogP) is 4.39. The molecule has 7 rings (SSSR count). The molecule has 364 valence electrons. The number of aromatic nitrogens is 2. The number of carbonyl (C=O) groups is 3. The normalized spacial score (nSPS) is 45.1. The number of aliphatic hydroxyl groups excluding tert-OH is 1. The number of aliphatic hydroxyl groups is 1. The number of rotatable bonds is 11. The third kappa shape index (κ3) is 10.4. The Balaban J connectivity index is 1.42. The van der Waals surface area contributed by atoms with Crippen LogP contribution < -0.4 is 0 Å². The minimum absolute atomic E-state index is 0.0601. The summed E-state index contributed by atoms with van der Waals surface area (Å²) in [5.41, 5.74) is -3.37. The molecule has 0 spiro atoms. The van der Waals surface area contributed by atoms with Crippen molar-refractivity contribution in [1.82, 2.24) is 19.4 Å². The second kappa shape index (κ2) is 20.1. The van der Waals surface area contributed by atoms with Crippen molar-refractivity contribution in [1.29, 1.82) is 0 Å². The van der Waals surface area contributed by atoms with Crippen LogP contribution in [-0.4, -0.2) is 167 Å². The number of fused-ring (bicyclic) bond motifs is 9. The summed E-state index contributed by atoms with van der Waals surface area (Å²) in [6.45, 7) is 21.1. The standard InChI is InChI=1S/C45H74N4O15/c1-15-32-45(11)36(63-42(53)64-45)24(2)21-49-23-55-44(10,19-25(49)3)37(61-40-35(58-30(8)50)31(47(12)13)18-26(4)56-40)27(5)34(28(6)39(51)59-32)60-33-20-43(9,54-14)38(29(7)57-33)62-41(52)48-17-16-46-22-48/h16-17,22,24-29,31-38,40-41,52H,15,18-21,23H2,1-14H3/t24-,25+,26+,27-,28+,29-,31-,32+,33-,34-,35+,36+,37+,38-,40-,41?,43+,44+,45+/m0/s1. The van der Waals surface area contributed by atoms with Gasteiger partial charge in [0, 0.05) is 57.3 Å². The maximum Gasteiger partial charge on any atom is 0.509 e. The van der Waals surface area contributed by atoms with Gasteiger partial charge in [-0.05, 0) is 81.8 Å². The minimum atomic E-state index is -1.37. The Bertz CT molecular complexity index is 1740. The molecule has 1 N–H and O–H groups in total. The molecule has 64 heavy (non-hydrogen) atoms. The van der Waals surface area contributed by atoms with Crippen LogP contribution in [0.5, 0.6) is 0 Å². The molecule has 20 atom stereocenters. The SMILES string of the molecule is CC[C@H]1OC(=O)[C@H](C)[C@@H](O[C@H]2C[C@@](C)(OC)[C@@H](OC(O)n3ccnc3)[C@H](C)O2)[C@H](C)[C@@H](O[C@@H]2O[C@H](C)C[C@H](N(C)C)[C@H]2OC(C)=O)[C@@]2(C)C[C@@H](C)N(CO2)C[C@H](C)[C@H]2OC(=O)O[C@@]21C. The average molecular weight is 911 g/mol. The Morgan fingerprint density at radius 3 is 2.34 bits per heavy atom. The molecule has 6 aliphatic heterocycles. The molecule has 7 heterocycles. The van der Waals surface area contributed by atoms with Gasteiger partial charge in [0.15, 0.2) is 30.4 Å². The van der Waals surface area contributed by atoms with E-state index in [4.69, 9.17) is 52.1 Å². The molecule has 0 radical (unpaired) electrons. The largest absolute Gasteiger partial charge is 0.509 e. The number of carbonyl (C=O) groups excluding carboxylic acids is 3. The lowest BCUT2D eigenvalue weighted by molar-refractivity contribution is -0.340. The second-order valence-electron chi connectivity index (χ2n) is 19.6. The molecule has 19 heteroatoms. The van der Waals surface area contributed by atoms with Crippen LogP contribution >= 0.6 is 0 Å². The molecule has 2 bridgehead atoms. The molecule has 0 saturated carbocycles. The number of nitrogens with zero attached hydrogens (tertiary/aromatic N) is 4. The van der Waals surface area contributed by atoms with Crippen LogP contribution in [0, 0.1) is 17.8 Å². The third-order valence-corrected chi connectivity index (χ3v) is 14.4. The fourth-order valence-corrected chi connectivity index (χ4v) is 10.8. The van der Waals surface area contributed by atoms with E-state index in [1.165, 1.54) is 24.0 Å². The predicted molar refractivity (Wildman–Crippen MR) is 227 cm³/mol. The van der Waals surface area contributed by atoms with Gasteiger partial charge in [-0.25, -0.2) is 9.78 Å². The van der Waals surface area contributed by atoms with E-state index in [9.17, 15) is 19.5 Å². The first-order chi connectivity index (χ1) is 30.0. The van der Waals surface area contributed by atoms with Gasteiger partial charge in [0.25, 0.3) is 0 Å². The highest BCUT2D eigenvalue weighted by molar-refractivity contribution is 5.73. The molecule has 0 aromatic carbocycles. The summed E-state index contributed by atoms with van der Waals surface area (Å²) in [7, 11) is 5.42. The van der Waals surface area contributed by atoms with E-state index in [1.807, 2.05) is 60.5 Å². The third-order valence-electron chi connectivity index (χ3n) is 14.4. The van der Waals surface area contributed by atoms with Crippen LogP contribution in [0.25, 0.3) is 0 Å². The van der Waals surface area contributed by atoms with Gasteiger partial charge in [-0.2, -0.15) is 0 Å². The van der Waals surface area contributed by atoms with Crippen LogP contribution in [0.15, 0.2) is 18.7 Å². The van der Waals surface area contributed by atoms with Crippen molar-refractivity contribution in [2.45, 2.75) is 199 Å². The van der Waals surface area contributed by atoms with E-state index in [0.717, 1.165) is 0 Å². The van der Waals surface area contributed by atoms with Crippen molar-refractivity contribution >= 4 is 18.1 Å². The average Bonchev–Trinajstić information content (AvgIpc) is 3.88. The lowest BCUT2D eigenvalue weighted by atomic mass is 9.78. The lowest BCUT2D eigenvalue weighted by Crippen LogP contribution is -2.64. The topological polar surface area (TPSA) is 197 Å². The Labute approximate surface area is 377 Å². The molecule has 1 aromatic rings. The molecule has 6 fully saturated rings. The Kier molecular flexibility index (Phi) is 15.8. The highest BCUT2D eigenvalue weighted by atomic mass is 16.8. The zero-order chi connectivity index (χ0) is 47.1. The van der Waals surface area contributed by atoms with Crippen LogP contribution in [0.4, 0.5) is 4.79 Å². The van der Waals surface area contributed by atoms with E-state index in [-0.39, 0.29) is 37.3 Å². The fourth-order valence-electron chi connectivity index (χ4n) is 10.8. The van der Waals surface area contributed by atoms with Crippen molar-refractivity contribution in [2.75, 3.05) is 34.5 Å². The molecule has 0 amide bonds. The molecule has 0 aliphatic carbocycles. The fraction of sp³-hybridized carbons (Fsp3) is 0.867. The molecule has 2 unspecified atom stereocenters. The van der Waals surface area contributed by atoms with Crippen molar-refractivity contribution in [3.05, 3.63) is 18.7 Å². The first kappa shape index (κ1) is 50.4. The van der Waals surface area contributed by atoms with E-state index < -0.39 is 108 Å². The molecule has 6 aliphatic rings. The first-order valence-electron chi connectivity index (χ1n) is 22.8. The molecule has 19 nitrogen and oxygen atoms in total. The summed E-state index contributed by atoms with van der Waals surface area (Å²) >= 11 is 0. The van der Waals surface area contributed by atoms with Crippen molar-refractivity contribution < 1.29 is 71.6 Å². The summed E-state index contributed by atoms with van der Waals surface area (Å²) in [6.07, 6.45) is -4.00. The van der Waals surface area contributed by atoms with Gasteiger partial charge in [-0.3, -0.25) is 19.1 Å². The Morgan fingerprint density at radius 1 is 1.02 bits per heavy atom. The van der Waals surface area contributed by atoms with Crippen molar-refractivity contribution in [3.8, 4) is 0 Å². The number of esters is 2. The summed E-state index contributed by atoms with van der Waals surface area (Å²) in [4.78, 5) is 48.6. The number of methoxy groups -OCH3 is 1. The molecule has 6 saturated heterocycles. The Hall–Kier alpha value is -2.98. The number of hydrogen-bond donors (Lipinski definition) is 1. The van der Waals surface area contributed by atoms with E-state index in [0.29, 0.717) is 25.8 Å². The lowest BCUT2D eigenvalue weighted by Gasteiger charge is -2.53. The van der Waals surface area contributed by atoms with Gasteiger partial charge >= 0.3 is 18.1 Å². The molecular formula is C45H74N4O15. The highest BCUT2D eigenvalue weighted by Crippen LogP contribution is 2.45. The number of imidazole rings is 1. The zero-order valence-corrected chi connectivity index (χ0v) is 40.2. The molecule has 1 aromatic heterocycles. The summed E-state index contributed by atoms with van der Waals surface area (Å²) < 4.78 is 72.1. The smallest absolute Gasteiger partial charge is 0.458 e. The number of ether oxygens (including phenoxy) is 11. The van der Waals surface area contributed by atoms with E-state index in [1.54, 1.807) is 34.1 Å². The van der Waals surface area contributed by atoms with Crippen LogP contribution in [0.3, 0.4) is 0 Å². The van der Waals surface area contributed by atoms with E-state index >= 15 is 0 Å². The van der Waals surface area contributed by atoms with Crippen molar-refractivity contribution in [3.63, 3.8) is 0 Å². The summed E-state index contributed by atoms with van der Waals surface area (Å²) in [6, 6.07) is -0.295. The van der Waals surface area contributed by atoms with Crippen molar-refractivity contribution in [2.24, 2.45) is 17.8 Å². The van der Waals surface area contributed by atoms with Gasteiger partial charge in [-0.1, -0.05) is 20.8 Å². The van der Waals surface area contributed by atoms with Crippen LogP contribution in [0.2, 0.25) is 0 Å². The van der Waals surface area contributed by atoms with Gasteiger partial charge in [0.05, 0.1) is 53.9 Å². The Morgan fingerprint density at radius 2 is 1.73 bits per heavy atom. The highest BCUT2D eigenvalue weighted by Gasteiger charge is 2.59. The number of likely N-dealkylation sites (N-methyl/N-ethyl adjacent to an activating group) is 1. The quantitative estimate of drug-likeness (QED) is 0.186. The summed E-state index contributed by atoms with van der Waals surface area (Å²) in [5, 5.41) is 11.0. The van der Waals surface area contributed by atoms with Gasteiger partial charge in [-0.15, -0.1) is 0 Å². The maximum absolute atomic E-state index is 14.8. The van der Waals surface area contributed by atoms with Gasteiger partial charge < -0.3 is 62.1 Å².